The molecule has 1 aromatic rings. The van der Waals surface area contributed by atoms with Crippen molar-refractivity contribution >= 4 is 5.78 Å². The highest BCUT2D eigenvalue weighted by Crippen LogP contribution is 2.18. The summed E-state index contributed by atoms with van der Waals surface area (Å²) in [5.74, 6) is 1.15. The van der Waals surface area contributed by atoms with Crippen LogP contribution in [0.4, 0.5) is 0 Å². The van der Waals surface area contributed by atoms with Gasteiger partial charge in [0, 0.05) is 25.6 Å². The Bertz CT molecular complexity index is 368. The molecular weight excluding hydrogens is 202 g/mol. The highest BCUT2D eigenvalue weighted by atomic mass is 16.1. The third-order valence-corrected chi connectivity index (χ3v) is 3.45. The van der Waals surface area contributed by atoms with E-state index in [2.05, 4.69) is 17.3 Å². The van der Waals surface area contributed by atoms with Gasteiger partial charge < -0.3 is 5.32 Å². The van der Waals surface area contributed by atoms with Crippen LogP contribution in [0.25, 0.3) is 0 Å². The topological polar surface area (TPSA) is 46.9 Å². The van der Waals surface area contributed by atoms with Crippen molar-refractivity contribution in [2.75, 3.05) is 13.1 Å². The van der Waals surface area contributed by atoms with Crippen LogP contribution in [0.5, 0.6) is 0 Å². The van der Waals surface area contributed by atoms with Crippen molar-refractivity contribution in [2.24, 2.45) is 18.9 Å². The first-order valence-electron chi connectivity index (χ1n) is 5.88. The van der Waals surface area contributed by atoms with Crippen molar-refractivity contribution in [3.05, 3.63) is 18.0 Å². The van der Waals surface area contributed by atoms with Crippen LogP contribution in [0.1, 0.15) is 18.9 Å². The summed E-state index contributed by atoms with van der Waals surface area (Å²) in [5.41, 5.74) is 1.15. The number of ketones is 1. The van der Waals surface area contributed by atoms with Crippen LogP contribution < -0.4 is 5.32 Å². The van der Waals surface area contributed by atoms with E-state index in [0.29, 0.717) is 18.1 Å². The van der Waals surface area contributed by atoms with E-state index in [0.717, 1.165) is 25.1 Å². The molecule has 1 fully saturated rings. The fourth-order valence-electron chi connectivity index (χ4n) is 2.02. The molecule has 1 saturated heterocycles. The van der Waals surface area contributed by atoms with Gasteiger partial charge in [-0.15, -0.1) is 0 Å². The maximum Gasteiger partial charge on any atom is 0.136 e. The molecular formula is C12H19N3O. The van der Waals surface area contributed by atoms with Crippen molar-refractivity contribution in [1.29, 1.82) is 0 Å². The fourth-order valence-corrected chi connectivity index (χ4v) is 2.02. The van der Waals surface area contributed by atoms with E-state index in [9.17, 15) is 4.79 Å². The van der Waals surface area contributed by atoms with Gasteiger partial charge in [0.25, 0.3) is 0 Å². The zero-order chi connectivity index (χ0) is 11.5. The Morgan fingerprint density at radius 2 is 2.44 bits per heavy atom. The number of carbonyl (C=O) groups is 1. The van der Waals surface area contributed by atoms with Gasteiger partial charge in [0.1, 0.15) is 5.78 Å². The molecule has 1 unspecified atom stereocenters. The van der Waals surface area contributed by atoms with Crippen molar-refractivity contribution in [2.45, 2.75) is 19.8 Å². The summed E-state index contributed by atoms with van der Waals surface area (Å²) >= 11 is 0. The molecule has 1 N–H and O–H groups in total. The minimum atomic E-state index is 0.206. The number of hydrogen-bond donors (Lipinski definition) is 1. The largest absolute Gasteiger partial charge is 0.316 e. The van der Waals surface area contributed by atoms with E-state index in [1.807, 2.05) is 19.4 Å². The first-order chi connectivity index (χ1) is 7.66. The van der Waals surface area contributed by atoms with Crippen molar-refractivity contribution in [3.8, 4) is 0 Å². The van der Waals surface area contributed by atoms with Crippen molar-refractivity contribution in [1.82, 2.24) is 15.1 Å². The van der Waals surface area contributed by atoms with E-state index >= 15 is 0 Å². The Kier molecular flexibility index (Phi) is 3.39. The maximum atomic E-state index is 11.9. The summed E-state index contributed by atoms with van der Waals surface area (Å²) in [4.78, 5) is 11.9. The third kappa shape index (κ3) is 2.50. The van der Waals surface area contributed by atoms with Crippen molar-refractivity contribution < 1.29 is 4.79 Å². The molecule has 2 heterocycles. The number of Topliss-reactive ketones (excluding diaryl/α,β-unsaturated/α-hetero) is 1. The molecule has 1 aromatic heterocycles. The number of rotatable bonds is 5. The van der Waals surface area contributed by atoms with Crippen LogP contribution in [0.15, 0.2) is 12.4 Å². The van der Waals surface area contributed by atoms with Gasteiger partial charge in [0.05, 0.1) is 6.20 Å². The van der Waals surface area contributed by atoms with Gasteiger partial charge >= 0.3 is 0 Å². The Balaban J connectivity index is 1.78. The summed E-state index contributed by atoms with van der Waals surface area (Å²) in [6.45, 7) is 4.05. The minimum absolute atomic E-state index is 0.206. The van der Waals surface area contributed by atoms with Crippen LogP contribution >= 0.6 is 0 Å². The number of hydrogen-bond acceptors (Lipinski definition) is 3. The summed E-state index contributed by atoms with van der Waals surface area (Å²) in [6, 6.07) is 0. The van der Waals surface area contributed by atoms with Crippen LogP contribution in [0.2, 0.25) is 0 Å². The molecule has 88 valence electrons. The predicted molar refractivity (Wildman–Crippen MR) is 62.1 cm³/mol. The number of aromatic nitrogens is 2. The molecule has 0 saturated carbocycles. The van der Waals surface area contributed by atoms with E-state index in [4.69, 9.17) is 0 Å². The van der Waals surface area contributed by atoms with Gasteiger partial charge in [0.2, 0.25) is 0 Å². The second-order valence-corrected chi connectivity index (χ2v) is 4.70. The lowest BCUT2D eigenvalue weighted by Gasteiger charge is -2.31. The smallest absolute Gasteiger partial charge is 0.136 e. The standard InChI is InChI=1S/C12H19N3O/c1-9(11-6-13-7-11)12(16)4-3-10-5-14-15(2)8-10/h5,8-9,11,13H,3-4,6-7H2,1-2H3. The second-order valence-electron chi connectivity index (χ2n) is 4.70. The third-order valence-electron chi connectivity index (χ3n) is 3.45. The highest BCUT2D eigenvalue weighted by molar-refractivity contribution is 5.81. The molecule has 0 spiro atoms. The molecule has 1 aliphatic heterocycles. The quantitative estimate of drug-likeness (QED) is 0.799. The van der Waals surface area contributed by atoms with Crippen LogP contribution in [0, 0.1) is 11.8 Å². The van der Waals surface area contributed by atoms with Gasteiger partial charge in [-0.25, -0.2) is 0 Å². The lowest BCUT2D eigenvalue weighted by molar-refractivity contribution is -0.124. The summed E-state index contributed by atoms with van der Waals surface area (Å²) in [5, 5.41) is 7.31. The van der Waals surface area contributed by atoms with E-state index in [-0.39, 0.29) is 5.92 Å². The van der Waals surface area contributed by atoms with E-state index in [1.54, 1.807) is 4.68 Å². The highest BCUT2D eigenvalue weighted by Gasteiger charge is 2.28. The normalized spacial score (nSPS) is 18.1. The SMILES string of the molecule is CC(C(=O)CCc1cnn(C)c1)C1CNC1. The molecule has 0 aliphatic carbocycles. The van der Waals surface area contributed by atoms with Gasteiger partial charge in [-0.05, 0) is 31.0 Å². The number of carbonyl (C=O) groups excluding carboxylic acids is 1. The Morgan fingerprint density at radius 1 is 1.69 bits per heavy atom. The molecule has 1 aliphatic rings. The molecule has 0 aromatic carbocycles. The molecule has 16 heavy (non-hydrogen) atoms. The molecule has 0 bridgehead atoms. The zero-order valence-corrected chi connectivity index (χ0v) is 9.94. The Morgan fingerprint density at radius 3 is 2.94 bits per heavy atom. The van der Waals surface area contributed by atoms with Crippen LogP contribution in [-0.2, 0) is 18.3 Å². The summed E-state index contributed by atoms with van der Waals surface area (Å²) < 4.78 is 1.78. The molecule has 0 radical (unpaired) electrons. The van der Waals surface area contributed by atoms with Crippen LogP contribution in [0.3, 0.4) is 0 Å². The lowest BCUT2D eigenvalue weighted by Crippen LogP contribution is -2.47. The van der Waals surface area contributed by atoms with Crippen LogP contribution in [-0.4, -0.2) is 28.7 Å². The van der Waals surface area contributed by atoms with E-state index < -0.39 is 0 Å². The average molecular weight is 221 g/mol. The zero-order valence-electron chi connectivity index (χ0n) is 9.94. The van der Waals surface area contributed by atoms with Gasteiger partial charge in [-0.1, -0.05) is 6.92 Å². The summed E-state index contributed by atoms with van der Waals surface area (Å²) in [6.07, 6.45) is 5.27. The van der Waals surface area contributed by atoms with Gasteiger partial charge in [-0.2, -0.15) is 5.10 Å². The van der Waals surface area contributed by atoms with E-state index in [1.165, 1.54) is 0 Å². The van der Waals surface area contributed by atoms with Gasteiger partial charge in [0.15, 0.2) is 0 Å². The Hall–Kier alpha value is -1.16. The molecule has 4 heteroatoms. The maximum absolute atomic E-state index is 11.9. The molecule has 4 nitrogen and oxygen atoms in total. The minimum Gasteiger partial charge on any atom is -0.316 e. The average Bonchev–Trinajstić information content (AvgIpc) is 2.58. The molecule has 0 amide bonds. The number of aryl methyl sites for hydroxylation is 2. The predicted octanol–water partition coefficient (Wildman–Crippen LogP) is 0.777. The van der Waals surface area contributed by atoms with Gasteiger partial charge in [-0.3, -0.25) is 9.48 Å². The first kappa shape index (κ1) is 11.3. The van der Waals surface area contributed by atoms with Crippen molar-refractivity contribution in [3.63, 3.8) is 0 Å². The molecule has 2 rings (SSSR count). The first-order valence-corrected chi connectivity index (χ1v) is 5.88. The second kappa shape index (κ2) is 4.78. The monoisotopic (exact) mass is 221 g/mol. The fraction of sp³-hybridized carbons (Fsp3) is 0.667. The number of nitrogens with zero attached hydrogens (tertiary/aromatic N) is 2. The summed E-state index contributed by atoms with van der Waals surface area (Å²) in [7, 11) is 1.90. The number of nitrogens with one attached hydrogen (secondary N) is 1. The Labute approximate surface area is 96.0 Å². The molecule has 1 atom stereocenters. The lowest BCUT2D eigenvalue weighted by atomic mass is 9.84.